The van der Waals surface area contributed by atoms with E-state index in [1.54, 1.807) is 4.90 Å². The van der Waals surface area contributed by atoms with Crippen molar-refractivity contribution < 1.29 is 14.7 Å². The Morgan fingerprint density at radius 1 is 1.29 bits per heavy atom. The molecule has 0 aliphatic carbocycles. The molecule has 1 atom stereocenters. The number of amides is 2. The van der Waals surface area contributed by atoms with E-state index in [1.165, 1.54) is 6.92 Å². The quantitative estimate of drug-likeness (QED) is 0.774. The summed E-state index contributed by atoms with van der Waals surface area (Å²) in [6.07, 6.45) is 3.04. The highest BCUT2D eigenvalue weighted by Crippen LogP contribution is 2.29. The van der Waals surface area contributed by atoms with E-state index in [4.69, 9.17) is 5.11 Å². The van der Waals surface area contributed by atoms with Gasteiger partial charge in [0.15, 0.2) is 0 Å². The van der Waals surface area contributed by atoms with Crippen LogP contribution in [-0.2, 0) is 4.79 Å². The van der Waals surface area contributed by atoms with E-state index in [1.807, 2.05) is 0 Å². The number of rotatable bonds is 2. The van der Waals surface area contributed by atoms with Gasteiger partial charge in [0, 0.05) is 13.1 Å². The molecule has 98 valence electrons. The summed E-state index contributed by atoms with van der Waals surface area (Å²) < 4.78 is 0. The minimum atomic E-state index is -1.01. The molecule has 5 heteroatoms. The second kappa shape index (κ2) is 5.38. The first-order valence-electron chi connectivity index (χ1n) is 6.10. The van der Waals surface area contributed by atoms with E-state index in [0.29, 0.717) is 13.1 Å². The highest BCUT2D eigenvalue weighted by molar-refractivity contribution is 5.82. The van der Waals surface area contributed by atoms with Crippen LogP contribution in [0.4, 0.5) is 4.79 Å². The lowest BCUT2D eigenvalue weighted by molar-refractivity contribution is -0.138. The Balaban J connectivity index is 2.50. The molecule has 1 aliphatic rings. The lowest BCUT2D eigenvalue weighted by Gasteiger charge is -2.24. The van der Waals surface area contributed by atoms with Gasteiger partial charge in [0.25, 0.3) is 0 Å². The van der Waals surface area contributed by atoms with Crippen molar-refractivity contribution in [3.05, 3.63) is 0 Å². The molecular formula is C12H22N2O3. The minimum Gasteiger partial charge on any atom is -0.480 e. The van der Waals surface area contributed by atoms with Gasteiger partial charge in [0.1, 0.15) is 6.04 Å². The molecule has 0 aromatic rings. The number of urea groups is 1. The third-order valence-corrected chi connectivity index (χ3v) is 3.34. The SMILES string of the molecule is CC(NC(=O)N1CCCC(C)(C)CC1)C(=O)O. The molecule has 0 radical (unpaired) electrons. The topological polar surface area (TPSA) is 69.6 Å². The van der Waals surface area contributed by atoms with Crippen LogP contribution in [0.3, 0.4) is 0 Å². The van der Waals surface area contributed by atoms with Crippen LogP contribution in [-0.4, -0.2) is 41.1 Å². The van der Waals surface area contributed by atoms with Crippen molar-refractivity contribution >= 4 is 12.0 Å². The number of carboxylic acids is 1. The third kappa shape index (κ3) is 4.24. The molecule has 2 amide bonds. The lowest BCUT2D eigenvalue weighted by atomic mass is 9.85. The van der Waals surface area contributed by atoms with Gasteiger partial charge in [-0.3, -0.25) is 4.79 Å². The van der Waals surface area contributed by atoms with Crippen molar-refractivity contribution in [2.45, 2.75) is 46.1 Å². The first-order chi connectivity index (χ1) is 7.82. The number of aliphatic carboxylic acids is 1. The zero-order valence-corrected chi connectivity index (χ0v) is 10.8. The number of carbonyl (C=O) groups excluding carboxylic acids is 1. The Hall–Kier alpha value is -1.26. The van der Waals surface area contributed by atoms with Gasteiger partial charge in [0.05, 0.1) is 0 Å². The number of nitrogens with zero attached hydrogens (tertiary/aromatic N) is 1. The molecule has 1 fully saturated rings. The fourth-order valence-corrected chi connectivity index (χ4v) is 1.96. The van der Waals surface area contributed by atoms with E-state index in [-0.39, 0.29) is 11.4 Å². The third-order valence-electron chi connectivity index (χ3n) is 3.34. The normalized spacial score (nSPS) is 21.5. The van der Waals surface area contributed by atoms with Crippen molar-refractivity contribution in [2.24, 2.45) is 5.41 Å². The van der Waals surface area contributed by atoms with Crippen LogP contribution in [0, 0.1) is 5.41 Å². The Morgan fingerprint density at radius 3 is 2.53 bits per heavy atom. The van der Waals surface area contributed by atoms with E-state index in [2.05, 4.69) is 19.2 Å². The molecule has 0 spiro atoms. The molecule has 0 aromatic carbocycles. The molecule has 1 aliphatic heterocycles. The van der Waals surface area contributed by atoms with E-state index >= 15 is 0 Å². The van der Waals surface area contributed by atoms with E-state index < -0.39 is 12.0 Å². The van der Waals surface area contributed by atoms with Gasteiger partial charge in [-0.25, -0.2) is 4.79 Å². The Bertz CT molecular complexity index is 302. The number of carbonyl (C=O) groups is 2. The molecule has 1 saturated heterocycles. The van der Waals surface area contributed by atoms with Gasteiger partial charge in [-0.2, -0.15) is 0 Å². The van der Waals surface area contributed by atoms with Crippen molar-refractivity contribution in [3.8, 4) is 0 Å². The maximum absolute atomic E-state index is 11.8. The summed E-state index contributed by atoms with van der Waals surface area (Å²) in [5.74, 6) is -1.01. The largest absolute Gasteiger partial charge is 0.480 e. The van der Waals surface area contributed by atoms with Crippen LogP contribution < -0.4 is 5.32 Å². The predicted molar refractivity (Wildman–Crippen MR) is 64.8 cm³/mol. The van der Waals surface area contributed by atoms with Gasteiger partial charge in [-0.05, 0) is 31.6 Å². The summed E-state index contributed by atoms with van der Waals surface area (Å²) in [5.41, 5.74) is 0.271. The average molecular weight is 242 g/mol. The number of hydrogen-bond donors (Lipinski definition) is 2. The maximum Gasteiger partial charge on any atom is 0.325 e. The summed E-state index contributed by atoms with van der Waals surface area (Å²) in [5, 5.41) is 11.2. The lowest BCUT2D eigenvalue weighted by Crippen LogP contribution is -2.47. The second-order valence-corrected chi connectivity index (χ2v) is 5.51. The summed E-state index contributed by atoms with van der Waals surface area (Å²) >= 11 is 0. The molecule has 1 unspecified atom stereocenters. The molecule has 1 rings (SSSR count). The molecule has 0 saturated carbocycles. The highest BCUT2D eigenvalue weighted by atomic mass is 16.4. The Labute approximate surface area is 102 Å². The van der Waals surface area contributed by atoms with Gasteiger partial charge in [0.2, 0.25) is 0 Å². The molecule has 17 heavy (non-hydrogen) atoms. The Kier molecular flexibility index (Phi) is 4.37. The van der Waals surface area contributed by atoms with Gasteiger partial charge < -0.3 is 15.3 Å². The number of carboxylic acid groups (broad SMARTS) is 1. The summed E-state index contributed by atoms with van der Waals surface area (Å²) in [4.78, 5) is 24.2. The zero-order chi connectivity index (χ0) is 13.1. The predicted octanol–water partition coefficient (Wildman–Crippen LogP) is 1.68. The van der Waals surface area contributed by atoms with Gasteiger partial charge >= 0.3 is 12.0 Å². The van der Waals surface area contributed by atoms with Crippen LogP contribution in [0.5, 0.6) is 0 Å². The molecule has 0 aromatic heterocycles. The summed E-state index contributed by atoms with van der Waals surface area (Å²) in [6.45, 7) is 7.29. The zero-order valence-electron chi connectivity index (χ0n) is 10.8. The van der Waals surface area contributed by atoms with Crippen LogP contribution in [0.2, 0.25) is 0 Å². The summed E-state index contributed by atoms with van der Waals surface area (Å²) in [7, 11) is 0. The average Bonchev–Trinajstić information content (AvgIpc) is 2.39. The van der Waals surface area contributed by atoms with Crippen molar-refractivity contribution in [1.82, 2.24) is 10.2 Å². The van der Waals surface area contributed by atoms with Crippen LogP contribution in [0.1, 0.15) is 40.0 Å². The van der Waals surface area contributed by atoms with Crippen LogP contribution in [0.25, 0.3) is 0 Å². The van der Waals surface area contributed by atoms with Crippen molar-refractivity contribution in [1.29, 1.82) is 0 Å². The number of nitrogens with one attached hydrogen (secondary N) is 1. The highest BCUT2D eigenvalue weighted by Gasteiger charge is 2.26. The second-order valence-electron chi connectivity index (χ2n) is 5.51. The molecular weight excluding hydrogens is 220 g/mol. The number of hydrogen-bond acceptors (Lipinski definition) is 2. The first kappa shape index (κ1) is 13.8. The van der Waals surface area contributed by atoms with Gasteiger partial charge in [-0.1, -0.05) is 13.8 Å². The molecule has 2 N–H and O–H groups in total. The fourth-order valence-electron chi connectivity index (χ4n) is 1.96. The minimum absolute atomic E-state index is 0.266. The monoisotopic (exact) mass is 242 g/mol. The molecule has 5 nitrogen and oxygen atoms in total. The van der Waals surface area contributed by atoms with Crippen molar-refractivity contribution in [3.63, 3.8) is 0 Å². The summed E-state index contributed by atoms with van der Waals surface area (Å²) in [6, 6.07) is -1.10. The van der Waals surface area contributed by atoms with Crippen molar-refractivity contribution in [2.75, 3.05) is 13.1 Å². The van der Waals surface area contributed by atoms with Gasteiger partial charge in [-0.15, -0.1) is 0 Å². The molecule has 0 bridgehead atoms. The van der Waals surface area contributed by atoms with Crippen LogP contribution in [0.15, 0.2) is 0 Å². The molecule has 1 heterocycles. The number of likely N-dealkylation sites (tertiary alicyclic amines) is 1. The van der Waals surface area contributed by atoms with Crippen LogP contribution >= 0.6 is 0 Å². The van der Waals surface area contributed by atoms with E-state index in [0.717, 1.165) is 19.3 Å². The van der Waals surface area contributed by atoms with E-state index in [9.17, 15) is 9.59 Å². The maximum atomic E-state index is 11.8. The standard InChI is InChI=1S/C12H22N2O3/c1-9(10(15)16)13-11(17)14-7-4-5-12(2,3)6-8-14/h9H,4-8H2,1-3H3,(H,13,17)(H,15,16). The first-order valence-corrected chi connectivity index (χ1v) is 6.10. The fraction of sp³-hybridized carbons (Fsp3) is 0.833. The Morgan fingerprint density at radius 2 is 1.94 bits per heavy atom. The smallest absolute Gasteiger partial charge is 0.325 e.